The topological polar surface area (TPSA) is 12.5 Å². The summed E-state index contributed by atoms with van der Waals surface area (Å²) >= 11 is 5.04. The molecule has 1 rings (SSSR count). The first-order valence-electron chi connectivity index (χ1n) is 4.05. The smallest absolute Gasteiger partial charge is 0.0959 e. The molecule has 0 saturated heterocycles. The highest BCUT2D eigenvalue weighted by atomic mass is 32.2. The molecule has 0 aliphatic heterocycles. The molecule has 0 unspecified atom stereocenters. The van der Waals surface area contributed by atoms with Crippen LogP contribution in [0.5, 0.6) is 0 Å². The lowest BCUT2D eigenvalue weighted by Crippen LogP contribution is -2.27. The van der Waals surface area contributed by atoms with Gasteiger partial charge in [-0.3, -0.25) is 0 Å². The molecule has 0 aromatic heterocycles. The zero-order valence-corrected chi connectivity index (χ0v) is 8.53. The molecule has 1 aliphatic carbocycles. The van der Waals surface area contributed by atoms with Crippen LogP contribution in [0.15, 0.2) is 0 Å². The molecule has 0 radical (unpaired) electrons. The maximum absolute atomic E-state index is 4.69. The lowest BCUT2D eigenvalue weighted by atomic mass is 9.96. The third-order valence-electron chi connectivity index (χ3n) is 2.24. The Morgan fingerprint density at radius 2 is 2.00 bits per heavy atom. The van der Waals surface area contributed by atoms with Gasteiger partial charge in [-0.1, -0.05) is 19.3 Å². The van der Waals surface area contributed by atoms with Crippen molar-refractivity contribution in [1.82, 2.24) is 4.31 Å². The van der Waals surface area contributed by atoms with Crippen LogP contribution in [0.25, 0.3) is 0 Å². The fraction of sp³-hybridized carbons (Fsp3) is 1.00. The zero-order valence-electron chi connectivity index (χ0n) is 6.82. The number of nitrogens with zero attached hydrogens (tertiary/aromatic N) is 1. The van der Waals surface area contributed by atoms with E-state index in [1.165, 1.54) is 44.3 Å². The van der Waals surface area contributed by atoms with Gasteiger partial charge in [-0.05, 0) is 32.8 Å². The summed E-state index contributed by atoms with van der Waals surface area (Å²) in [5, 5.41) is 0. The molecule has 0 heterocycles. The monoisotopic (exact) mass is 193 g/mol. The molecular formula is C7H15NOS2. The van der Waals surface area contributed by atoms with Crippen molar-refractivity contribution in [3.8, 4) is 0 Å². The molecule has 4 heteroatoms. The van der Waals surface area contributed by atoms with E-state index in [0.29, 0.717) is 6.04 Å². The first-order chi connectivity index (χ1) is 5.34. The van der Waals surface area contributed by atoms with E-state index in [0.717, 1.165) is 0 Å². The average molecular weight is 193 g/mol. The molecule has 0 aromatic carbocycles. The summed E-state index contributed by atoms with van der Waals surface area (Å²) in [7, 11) is 2.07. The third-order valence-corrected chi connectivity index (χ3v) is 3.04. The zero-order chi connectivity index (χ0) is 8.10. The summed E-state index contributed by atoms with van der Waals surface area (Å²) in [6.45, 7) is 0. The Bertz CT molecular complexity index is 107. The maximum atomic E-state index is 4.69. The normalized spacial score (nSPS) is 21.0. The predicted octanol–water partition coefficient (Wildman–Crippen LogP) is 2.68. The molecule has 66 valence electrons. The van der Waals surface area contributed by atoms with Gasteiger partial charge < -0.3 is 0 Å². The van der Waals surface area contributed by atoms with Crippen LogP contribution in [-0.2, 0) is 3.63 Å². The van der Waals surface area contributed by atoms with Crippen LogP contribution < -0.4 is 0 Å². The van der Waals surface area contributed by atoms with Crippen LogP contribution in [0.4, 0.5) is 0 Å². The van der Waals surface area contributed by atoms with Crippen molar-refractivity contribution < 1.29 is 3.63 Å². The molecule has 1 saturated carbocycles. The van der Waals surface area contributed by atoms with Crippen LogP contribution in [0.2, 0.25) is 0 Å². The van der Waals surface area contributed by atoms with E-state index in [1.807, 2.05) is 0 Å². The van der Waals surface area contributed by atoms with E-state index < -0.39 is 0 Å². The summed E-state index contributed by atoms with van der Waals surface area (Å²) in [5.74, 6) is 0. The second-order valence-corrected chi connectivity index (χ2v) is 4.31. The van der Waals surface area contributed by atoms with Crippen molar-refractivity contribution in [3.05, 3.63) is 0 Å². The van der Waals surface area contributed by atoms with Crippen molar-refractivity contribution in [2.24, 2.45) is 0 Å². The van der Waals surface area contributed by atoms with Crippen LogP contribution in [0.3, 0.4) is 0 Å². The van der Waals surface area contributed by atoms with Gasteiger partial charge in [-0.25, -0.2) is 7.93 Å². The second kappa shape index (κ2) is 5.30. The molecule has 0 spiro atoms. The molecule has 0 aromatic rings. The van der Waals surface area contributed by atoms with Crippen molar-refractivity contribution >= 4 is 25.1 Å². The summed E-state index contributed by atoms with van der Waals surface area (Å²) in [6.07, 6.45) is 6.74. The van der Waals surface area contributed by atoms with Crippen molar-refractivity contribution in [2.75, 3.05) is 7.05 Å². The molecule has 0 atom stereocenters. The van der Waals surface area contributed by atoms with Crippen LogP contribution in [-0.4, -0.2) is 17.4 Å². The van der Waals surface area contributed by atoms with Crippen molar-refractivity contribution in [1.29, 1.82) is 0 Å². The molecule has 1 aliphatic rings. The molecule has 0 N–H and O–H groups in total. The Morgan fingerprint density at radius 3 is 2.55 bits per heavy atom. The van der Waals surface area contributed by atoms with Gasteiger partial charge in [0.1, 0.15) is 0 Å². The van der Waals surface area contributed by atoms with E-state index in [4.69, 9.17) is 3.63 Å². The van der Waals surface area contributed by atoms with E-state index in [9.17, 15) is 0 Å². The lowest BCUT2D eigenvalue weighted by molar-refractivity contribution is 0.298. The van der Waals surface area contributed by atoms with Gasteiger partial charge in [0, 0.05) is 6.04 Å². The molecule has 1 fully saturated rings. The van der Waals surface area contributed by atoms with E-state index in [2.05, 4.69) is 24.3 Å². The summed E-state index contributed by atoms with van der Waals surface area (Å²) in [4.78, 5) is 0. The van der Waals surface area contributed by atoms with E-state index in [-0.39, 0.29) is 0 Å². The quantitative estimate of drug-likeness (QED) is 0.420. The first kappa shape index (κ1) is 9.71. The number of thiol groups is 1. The SMILES string of the molecule is CN(SOS)C1CCCCC1. The average Bonchev–Trinajstić information content (AvgIpc) is 2.07. The summed E-state index contributed by atoms with van der Waals surface area (Å²) in [5.41, 5.74) is 0. The highest BCUT2D eigenvalue weighted by Gasteiger charge is 2.18. The van der Waals surface area contributed by atoms with E-state index >= 15 is 0 Å². The first-order valence-corrected chi connectivity index (χ1v) is 5.12. The minimum Gasteiger partial charge on any atom is -0.234 e. The highest BCUT2D eigenvalue weighted by molar-refractivity contribution is 7.99. The Balaban J connectivity index is 2.21. The van der Waals surface area contributed by atoms with Gasteiger partial charge in [0.25, 0.3) is 0 Å². The Kier molecular flexibility index (Phi) is 4.67. The minimum absolute atomic E-state index is 0.695. The number of rotatable bonds is 3. The largest absolute Gasteiger partial charge is 0.234 e. The molecular weight excluding hydrogens is 178 g/mol. The van der Waals surface area contributed by atoms with Crippen molar-refractivity contribution in [3.63, 3.8) is 0 Å². The van der Waals surface area contributed by atoms with Crippen molar-refractivity contribution in [2.45, 2.75) is 38.1 Å². The third kappa shape index (κ3) is 3.23. The Morgan fingerprint density at radius 1 is 1.36 bits per heavy atom. The predicted molar refractivity (Wildman–Crippen MR) is 52.3 cm³/mol. The van der Waals surface area contributed by atoms with Gasteiger partial charge in [0.2, 0.25) is 0 Å². The fourth-order valence-corrected chi connectivity index (χ4v) is 2.31. The van der Waals surface area contributed by atoms with Gasteiger partial charge >= 0.3 is 0 Å². The minimum atomic E-state index is 0.695. The van der Waals surface area contributed by atoms with Gasteiger partial charge in [-0.15, -0.1) is 0 Å². The number of hydrogen-bond donors (Lipinski definition) is 1. The standard InChI is InChI=1S/C7H15NOS2/c1-8(11-9-10)7-5-3-2-4-6-7/h7,10H,2-6H2,1H3. The second-order valence-electron chi connectivity index (χ2n) is 2.99. The Hall–Kier alpha value is 0.620. The van der Waals surface area contributed by atoms with Crippen LogP contribution in [0.1, 0.15) is 32.1 Å². The van der Waals surface area contributed by atoms with Gasteiger partial charge in [0.05, 0.1) is 12.2 Å². The fourth-order valence-electron chi connectivity index (χ4n) is 1.56. The maximum Gasteiger partial charge on any atom is 0.0959 e. The van der Waals surface area contributed by atoms with Gasteiger partial charge in [0.15, 0.2) is 0 Å². The highest BCUT2D eigenvalue weighted by Crippen LogP contribution is 2.26. The van der Waals surface area contributed by atoms with Gasteiger partial charge in [-0.2, -0.15) is 0 Å². The molecule has 2 nitrogen and oxygen atoms in total. The molecule has 0 amide bonds. The molecule has 0 bridgehead atoms. The summed E-state index contributed by atoms with van der Waals surface area (Å²) < 4.78 is 6.85. The van der Waals surface area contributed by atoms with E-state index in [1.54, 1.807) is 0 Å². The Labute approximate surface area is 78.6 Å². The van der Waals surface area contributed by atoms with Crippen LogP contribution in [0, 0.1) is 0 Å². The lowest BCUT2D eigenvalue weighted by Gasteiger charge is -2.28. The summed E-state index contributed by atoms with van der Waals surface area (Å²) in [6, 6.07) is 0.695. The van der Waals surface area contributed by atoms with Crippen LogP contribution >= 0.6 is 25.1 Å². The molecule has 11 heavy (non-hydrogen) atoms. The number of hydrogen-bond acceptors (Lipinski definition) is 4.